The minimum atomic E-state index is -2.25. The van der Waals surface area contributed by atoms with Crippen LogP contribution in [-0.2, 0) is 7.05 Å². The molecule has 0 saturated heterocycles. The van der Waals surface area contributed by atoms with E-state index in [0.29, 0.717) is 0 Å². The first kappa shape index (κ1) is 18.1. The fourth-order valence-corrected chi connectivity index (χ4v) is 18.7. The van der Waals surface area contributed by atoms with E-state index in [9.17, 15) is 0 Å². The molecule has 0 fully saturated rings. The second-order valence-corrected chi connectivity index (χ2v) is 19.4. The van der Waals surface area contributed by atoms with Gasteiger partial charge in [0, 0.05) is 0 Å². The van der Waals surface area contributed by atoms with Crippen molar-refractivity contribution in [2.24, 2.45) is 7.05 Å². The van der Waals surface area contributed by atoms with E-state index < -0.39 is 18.4 Å². The molecule has 0 saturated carbocycles. The summed E-state index contributed by atoms with van der Waals surface area (Å²) < 4.78 is 8.35. The van der Waals surface area contributed by atoms with Crippen molar-refractivity contribution in [2.75, 3.05) is 0 Å². The van der Waals surface area contributed by atoms with Gasteiger partial charge in [-0.05, 0) is 0 Å². The Bertz CT molecular complexity index is 343. The van der Waals surface area contributed by atoms with Gasteiger partial charge in [-0.1, -0.05) is 0 Å². The van der Waals surface area contributed by atoms with E-state index in [1.807, 2.05) is 0 Å². The summed E-state index contributed by atoms with van der Waals surface area (Å²) in [6.07, 6.45) is 10.6. The third-order valence-electron chi connectivity index (χ3n) is 4.68. The van der Waals surface area contributed by atoms with E-state index in [4.69, 9.17) is 4.98 Å². The summed E-state index contributed by atoms with van der Waals surface area (Å²) in [5, 5.41) is 0. The van der Waals surface area contributed by atoms with Crippen LogP contribution in [0.3, 0.4) is 0 Å². The SMILES string of the molecule is CCC[CH2][Sn]([CH2]CCC)([CH2]CCC)[c]1cn(C)c(C)n1. The first-order valence-electron chi connectivity index (χ1n) is 8.60. The molecular weight excluding hydrogens is 351 g/mol. The van der Waals surface area contributed by atoms with Gasteiger partial charge in [0.15, 0.2) is 0 Å². The Kier molecular flexibility index (Phi) is 8.23. The predicted molar refractivity (Wildman–Crippen MR) is 92.5 cm³/mol. The fourth-order valence-electron chi connectivity index (χ4n) is 3.12. The Hall–Kier alpha value is 0.00870. The van der Waals surface area contributed by atoms with Crippen LogP contribution >= 0.6 is 0 Å². The number of imidazole rings is 1. The summed E-state index contributed by atoms with van der Waals surface area (Å²) in [5.74, 6) is 1.20. The number of hydrogen-bond acceptors (Lipinski definition) is 1. The number of aryl methyl sites for hydroxylation is 2. The molecule has 116 valence electrons. The first-order chi connectivity index (χ1) is 9.59. The predicted octanol–water partition coefficient (Wildman–Crippen LogP) is 4.78. The third kappa shape index (κ3) is 4.78. The summed E-state index contributed by atoms with van der Waals surface area (Å²) in [6.45, 7) is 9.15. The number of unbranched alkanes of at least 4 members (excludes halogenated alkanes) is 3. The number of hydrogen-bond donors (Lipinski definition) is 0. The zero-order valence-electron chi connectivity index (χ0n) is 14.3. The van der Waals surface area contributed by atoms with Gasteiger partial charge in [0.1, 0.15) is 0 Å². The maximum atomic E-state index is 5.00. The minimum absolute atomic E-state index is 1.20. The summed E-state index contributed by atoms with van der Waals surface area (Å²) in [4.78, 5) is 5.00. The number of rotatable bonds is 10. The van der Waals surface area contributed by atoms with Crippen LogP contribution < -0.4 is 3.71 Å². The molecule has 1 aromatic heterocycles. The third-order valence-corrected chi connectivity index (χ3v) is 19.7. The molecule has 0 bridgehead atoms. The zero-order valence-corrected chi connectivity index (χ0v) is 17.2. The van der Waals surface area contributed by atoms with Gasteiger partial charge >= 0.3 is 130 Å². The molecule has 0 N–H and O–H groups in total. The van der Waals surface area contributed by atoms with E-state index >= 15 is 0 Å². The van der Waals surface area contributed by atoms with Gasteiger partial charge in [-0.25, -0.2) is 0 Å². The Morgan fingerprint density at radius 2 is 1.40 bits per heavy atom. The summed E-state index contributed by atoms with van der Waals surface area (Å²) >= 11 is -2.25. The van der Waals surface area contributed by atoms with Crippen LogP contribution in [0.4, 0.5) is 0 Å². The zero-order chi connectivity index (χ0) is 15.0. The van der Waals surface area contributed by atoms with Crippen LogP contribution in [0.2, 0.25) is 13.3 Å². The van der Waals surface area contributed by atoms with Crippen molar-refractivity contribution >= 4 is 22.1 Å². The van der Waals surface area contributed by atoms with Crippen LogP contribution in [0.15, 0.2) is 6.20 Å². The molecule has 0 radical (unpaired) electrons. The molecular formula is C17H34N2Sn. The van der Waals surface area contributed by atoms with Crippen molar-refractivity contribution in [3.05, 3.63) is 12.0 Å². The summed E-state index contributed by atoms with van der Waals surface area (Å²) in [5.41, 5.74) is 0. The Morgan fingerprint density at radius 1 is 0.950 bits per heavy atom. The second-order valence-electron chi connectivity index (χ2n) is 6.38. The van der Waals surface area contributed by atoms with Gasteiger partial charge in [0.05, 0.1) is 0 Å². The second kappa shape index (κ2) is 9.11. The normalized spacial score (nSPS) is 12.1. The van der Waals surface area contributed by atoms with Crippen molar-refractivity contribution in [1.82, 2.24) is 9.55 Å². The molecule has 0 spiro atoms. The van der Waals surface area contributed by atoms with Gasteiger partial charge in [0.25, 0.3) is 0 Å². The molecule has 3 heteroatoms. The van der Waals surface area contributed by atoms with Gasteiger partial charge in [-0.3, -0.25) is 0 Å². The molecule has 0 aliphatic carbocycles. The monoisotopic (exact) mass is 386 g/mol. The van der Waals surface area contributed by atoms with E-state index in [1.165, 1.54) is 57.7 Å². The van der Waals surface area contributed by atoms with Gasteiger partial charge in [-0.2, -0.15) is 0 Å². The molecule has 0 atom stereocenters. The first-order valence-corrected chi connectivity index (χ1v) is 16.1. The topological polar surface area (TPSA) is 17.8 Å². The van der Waals surface area contributed by atoms with E-state index in [0.717, 1.165) is 0 Å². The van der Waals surface area contributed by atoms with Crippen LogP contribution in [0.25, 0.3) is 0 Å². The van der Waals surface area contributed by atoms with Crippen LogP contribution in [0.5, 0.6) is 0 Å². The van der Waals surface area contributed by atoms with Crippen molar-refractivity contribution < 1.29 is 0 Å². The van der Waals surface area contributed by atoms with Gasteiger partial charge < -0.3 is 0 Å². The van der Waals surface area contributed by atoms with Gasteiger partial charge in [0.2, 0.25) is 0 Å². The molecule has 20 heavy (non-hydrogen) atoms. The molecule has 0 aliphatic heterocycles. The summed E-state index contributed by atoms with van der Waals surface area (Å²) in [7, 11) is 2.15. The molecule has 0 unspecified atom stereocenters. The maximum absolute atomic E-state index is 5.00. The molecule has 0 aliphatic rings. The number of nitrogens with zero attached hydrogens (tertiary/aromatic N) is 2. The van der Waals surface area contributed by atoms with Crippen molar-refractivity contribution in [1.29, 1.82) is 0 Å². The molecule has 1 heterocycles. The van der Waals surface area contributed by atoms with E-state index in [2.05, 4.69) is 45.5 Å². The average molecular weight is 385 g/mol. The van der Waals surface area contributed by atoms with E-state index in [-0.39, 0.29) is 0 Å². The Morgan fingerprint density at radius 3 is 1.70 bits per heavy atom. The Labute approximate surface area is 130 Å². The molecule has 1 rings (SSSR count). The summed E-state index contributed by atoms with van der Waals surface area (Å²) in [6, 6.07) is 0. The van der Waals surface area contributed by atoms with E-state index in [1.54, 1.807) is 3.71 Å². The molecule has 0 aromatic carbocycles. The molecule has 0 amide bonds. The Balaban J connectivity index is 3.04. The van der Waals surface area contributed by atoms with Gasteiger partial charge in [-0.15, -0.1) is 0 Å². The van der Waals surface area contributed by atoms with Crippen LogP contribution in [0.1, 0.15) is 65.1 Å². The van der Waals surface area contributed by atoms with Crippen molar-refractivity contribution in [3.63, 3.8) is 0 Å². The molecule has 1 aromatic rings. The van der Waals surface area contributed by atoms with Crippen molar-refractivity contribution in [3.8, 4) is 0 Å². The molecule has 2 nitrogen and oxygen atoms in total. The fraction of sp³-hybridized carbons (Fsp3) is 0.824. The quantitative estimate of drug-likeness (QED) is 0.530. The average Bonchev–Trinajstić information content (AvgIpc) is 2.79. The standard InChI is InChI=1S/C5H7N2.3C4H9.Sn/c1-5-6-3-4-7(5)2;3*1-3-4-2;/h4H,1-2H3;3*1,3-4H2,2H3;. The number of aromatic nitrogens is 2. The van der Waals surface area contributed by atoms with Crippen LogP contribution in [-0.4, -0.2) is 27.9 Å². The van der Waals surface area contributed by atoms with Crippen molar-refractivity contribution in [2.45, 2.75) is 79.5 Å². The van der Waals surface area contributed by atoms with Crippen LogP contribution in [0, 0.1) is 6.92 Å².